The molecule has 0 spiro atoms. The number of benzene rings is 2. The van der Waals surface area contributed by atoms with Crippen LogP contribution in [-0.4, -0.2) is 59.9 Å². The number of guanidine groups is 1. The van der Waals surface area contributed by atoms with Gasteiger partial charge in [0.2, 0.25) is 5.96 Å². The predicted octanol–water partition coefficient (Wildman–Crippen LogP) is 4.91. The molecule has 2 fully saturated rings. The summed E-state index contributed by atoms with van der Waals surface area (Å²) in [5.41, 5.74) is 3.02. The molecular weight excluding hydrogens is 432 g/mol. The van der Waals surface area contributed by atoms with Crippen LogP contribution in [0, 0.1) is 6.92 Å². The average Bonchev–Trinajstić information content (AvgIpc) is 3.16. The van der Waals surface area contributed by atoms with Crippen molar-refractivity contribution in [1.29, 1.82) is 0 Å². The molecule has 0 aliphatic carbocycles. The van der Waals surface area contributed by atoms with Crippen LogP contribution in [0.4, 0.5) is 5.69 Å². The minimum Gasteiger partial charge on any atom is -0.342 e. The fourth-order valence-corrected chi connectivity index (χ4v) is 5.73. The van der Waals surface area contributed by atoms with Crippen LogP contribution in [0.15, 0.2) is 53.5 Å². The maximum Gasteiger partial charge on any atom is 0.259 e. The van der Waals surface area contributed by atoms with Crippen molar-refractivity contribution in [2.75, 3.05) is 31.1 Å². The maximum absolute atomic E-state index is 13.7. The predicted molar refractivity (Wildman–Crippen MR) is 135 cm³/mol. The van der Waals surface area contributed by atoms with E-state index in [1.165, 1.54) is 32.4 Å². The Kier molecular flexibility index (Phi) is 6.70. The van der Waals surface area contributed by atoms with Crippen LogP contribution in [0.25, 0.3) is 0 Å². The van der Waals surface area contributed by atoms with Gasteiger partial charge in [-0.3, -0.25) is 4.79 Å². The molecule has 33 heavy (non-hydrogen) atoms. The fraction of sp³-hybridized carbons (Fsp3) is 0.481. The van der Waals surface area contributed by atoms with E-state index in [1.54, 1.807) is 0 Å². The van der Waals surface area contributed by atoms with Crippen molar-refractivity contribution in [3.05, 3.63) is 64.7 Å². The lowest BCUT2D eigenvalue weighted by molar-refractivity contribution is -0.118. The van der Waals surface area contributed by atoms with Crippen LogP contribution in [0.3, 0.4) is 0 Å². The normalized spacial score (nSPS) is 22.7. The first-order valence-electron chi connectivity index (χ1n) is 12.3. The van der Waals surface area contributed by atoms with Crippen molar-refractivity contribution in [3.63, 3.8) is 0 Å². The lowest BCUT2D eigenvalue weighted by Crippen LogP contribution is -2.52. The Morgan fingerprint density at radius 1 is 0.970 bits per heavy atom. The molecule has 5 rings (SSSR count). The third-order valence-electron chi connectivity index (χ3n) is 7.30. The van der Waals surface area contributed by atoms with Gasteiger partial charge in [0.25, 0.3) is 5.91 Å². The van der Waals surface area contributed by atoms with Crippen LogP contribution in [0.1, 0.15) is 43.2 Å². The molecule has 0 saturated carbocycles. The Morgan fingerprint density at radius 2 is 1.70 bits per heavy atom. The number of hydrogen-bond donors (Lipinski definition) is 0. The van der Waals surface area contributed by atoms with E-state index in [0.717, 1.165) is 48.7 Å². The molecule has 0 bridgehead atoms. The molecular formula is C27H33ClN4O. The third kappa shape index (κ3) is 4.80. The standard InChI is InChI=1S/C27H33ClN4O/c1-20-18-22(28)10-11-25(20)32-26(33)24(19-21-8-4-2-5-9-21)29-27(32)31-16-12-23(13-17-31)30-14-6-3-7-15-30/h2,4-5,8-11,18,23-24H,3,6-7,12-17,19H2,1H3. The Bertz CT molecular complexity index is 1010. The van der Waals surface area contributed by atoms with Gasteiger partial charge in [-0.05, 0) is 75.0 Å². The number of aryl methyl sites for hydroxylation is 1. The summed E-state index contributed by atoms with van der Waals surface area (Å²) in [6.45, 7) is 6.36. The highest BCUT2D eigenvalue weighted by molar-refractivity contribution is 6.31. The zero-order valence-corrected chi connectivity index (χ0v) is 20.2. The third-order valence-corrected chi connectivity index (χ3v) is 7.54. The fourth-order valence-electron chi connectivity index (χ4n) is 5.50. The van der Waals surface area contributed by atoms with E-state index in [1.807, 2.05) is 48.2 Å². The molecule has 2 aromatic rings. The summed E-state index contributed by atoms with van der Waals surface area (Å²) < 4.78 is 0. The number of anilines is 1. The van der Waals surface area contributed by atoms with Gasteiger partial charge in [0.1, 0.15) is 6.04 Å². The van der Waals surface area contributed by atoms with Crippen molar-refractivity contribution < 1.29 is 4.79 Å². The van der Waals surface area contributed by atoms with Gasteiger partial charge in [-0.15, -0.1) is 0 Å². The average molecular weight is 465 g/mol. The second-order valence-corrected chi connectivity index (χ2v) is 9.99. The number of carbonyl (C=O) groups excluding carboxylic acids is 1. The molecule has 0 N–H and O–H groups in total. The molecule has 2 aromatic carbocycles. The van der Waals surface area contributed by atoms with E-state index in [9.17, 15) is 4.79 Å². The highest BCUT2D eigenvalue weighted by Crippen LogP contribution is 2.31. The molecule has 3 aliphatic rings. The quantitative estimate of drug-likeness (QED) is 0.645. The van der Waals surface area contributed by atoms with Gasteiger partial charge in [-0.1, -0.05) is 48.4 Å². The van der Waals surface area contributed by atoms with Gasteiger partial charge >= 0.3 is 0 Å². The van der Waals surface area contributed by atoms with Gasteiger partial charge in [-0.2, -0.15) is 0 Å². The van der Waals surface area contributed by atoms with E-state index in [-0.39, 0.29) is 5.91 Å². The lowest BCUT2D eigenvalue weighted by Gasteiger charge is -2.41. The number of halogens is 1. The molecule has 0 aromatic heterocycles. The molecule has 1 atom stereocenters. The first-order chi connectivity index (χ1) is 16.1. The summed E-state index contributed by atoms with van der Waals surface area (Å²) in [7, 11) is 0. The molecule has 2 saturated heterocycles. The lowest BCUT2D eigenvalue weighted by atomic mass is 10.00. The number of piperidine rings is 2. The maximum atomic E-state index is 13.7. The van der Waals surface area contributed by atoms with Gasteiger partial charge in [0, 0.05) is 30.6 Å². The Morgan fingerprint density at radius 3 is 2.39 bits per heavy atom. The van der Waals surface area contributed by atoms with Crippen molar-refractivity contribution >= 4 is 29.2 Å². The molecule has 5 nitrogen and oxygen atoms in total. The number of rotatable bonds is 4. The summed E-state index contributed by atoms with van der Waals surface area (Å²) in [4.78, 5) is 25.5. The van der Waals surface area contributed by atoms with E-state index >= 15 is 0 Å². The molecule has 1 amide bonds. The Balaban J connectivity index is 1.39. The number of hydrogen-bond acceptors (Lipinski definition) is 4. The van der Waals surface area contributed by atoms with E-state index in [4.69, 9.17) is 16.6 Å². The first kappa shape index (κ1) is 22.4. The van der Waals surface area contributed by atoms with Crippen LogP contribution in [0.5, 0.6) is 0 Å². The molecule has 1 unspecified atom stereocenters. The second-order valence-electron chi connectivity index (χ2n) is 9.55. The monoisotopic (exact) mass is 464 g/mol. The van der Waals surface area contributed by atoms with Crippen molar-refractivity contribution in [1.82, 2.24) is 9.80 Å². The van der Waals surface area contributed by atoms with Gasteiger partial charge in [-0.25, -0.2) is 9.89 Å². The highest BCUT2D eigenvalue weighted by Gasteiger charge is 2.40. The van der Waals surface area contributed by atoms with Crippen molar-refractivity contribution in [2.24, 2.45) is 4.99 Å². The largest absolute Gasteiger partial charge is 0.342 e. The van der Waals surface area contributed by atoms with Crippen LogP contribution >= 0.6 is 11.6 Å². The number of carbonyl (C=O) groups is 1. The van der Waals surface area contributed by atoms with E-state index < -0.39 is 6.04 Å². The zero-order valence-electron chi connectivity index (χ0n) is 19.4. The van der Waals surface area contributed by atoms with Gasteiger partial charge in [0.05, 0.1) is 5.69 Å². The summed E-state index contributed by atoms with van der Waals surface area (Å²) in [6.07, 6.45) is 6.90. The smallest absolute Gasteiger partial charge is 0.259 e. The minimum atomic E-state index is -0.391. The topological polar surface area (TPSA) is 39.2 Å². The van der Waals surface area contributed by atoms with Crippen molar-refractivity contribution in [3.8, 4) is 0 Å². The van der Waals surface area contributed by atoms with Crippen molar-refractivity contribution in [2.45, 2.75) is 57.5 Å². The summed E-state index contributed by atoms with van der Waals surface area (Å²) in [6, 6.07) is 16.2. The summed E-state index contributed by atoms with van der Waals surface area (Å²) in [5, 5.41) is 0.685. The van der Waals surface area contributed by atoms with E-state index in [2.05, 4.69) is 21.9 Å². The van der Waals surface area contributed by atoms with Crippen LogP contribution in [-0.2, 0) is 11.2 Å². The number of aliphatic imine (C=N–C) groups is 1. The Labute approximate surface area is 202 Å². The molecule has 3 aliphatic heterocycles. The number of amides is 1. The highest BCUT2D eigenvalue weighted by atomic mass is 35.5. The zero-order chi connectivity index (χ0) is 22.8. The van der Waals surface area contributed by atoms with Crippen LogP contribution in [0.2, 0.25) is 5.02 Å². The van der Waals surface area contributed by atoms with E-state index in [0.29, 0.717) is 17.5 Å². The second kappa shape index (κ2) is 9.86. The first-order valence-corrected chi connectivity index (χ1v) is 12.7. The number of likely N-dealkylation sites (tertiary alicyclic amines) is 2. The molecule has 3 heterocycles. The summed E-state index contributed by atoms with van der Waals surface area (Å²) >= 11 is 6.22. The van der Waals surface area contributed by atoms with Crippen LogP contribution < -0.4 is 4.90 Å². The SMILES string of the molecule is Cc1cc(Cl)ccc1N1C(=O)C(Cc2ccccc2)N=C1N1CCC(N2CCCCC2)CC1. The molecule has 174 valence electrons. The molecule has 6 heteroatoms. The van der Waals surface area contributed by atoms with Gasteiger partial charge in [0.15, 0.2) is 0 Å². The molecule has 0 radical (unpaired) electrons. The van der Waals surface area contributed by atoms with Gasteiger partial charge < -0.3 is 9.80 Å². The number of nitrogens with zero attached hydrogens (tertiary/aromatic N) is 4. The Hall–Kier alpha value is -2.37. The summed E-state index contributed by atoms with van der Waals surface area (Å²) in [5.74, 6) is 0.862. The minimum absolute atomic E-state index is 0.0532.